The van der Waals surface area contributed by atoms with Gasteiger partial charge in [0.25, 0.3) is 0 Å². The minimum Gasteiger partial charge on any atom is -0.481 e. The summed E-state index contributed by atoms with van der Waals surface area (Å²) in [5.41, 5.74) is -1.15. The number of carbonyl (C=O) groups excluding carboxylic acids is 2. The SMILES string of the molecule is CC(C)(COC(=O)CO[C]=O)C(=O)O. The van der Waals surface area contributed by atoms with E-state index in [0.717, 1.165) is 6.47 Å². The van der Waals surface area contributed by atoms with Gasteiger partial charge in [-0.15, -0.1) is 0 Å². The molecule has 0 unspecified atom stereocenters. The number of rotatable bonds is 6. The van der Waals surface area contributed by atoms with Gasteiger partial charge in [0.05, 0.1) is 5.41 Å². The van der Waals surface area contributed by atoms with Crippen molar-refractivity contribution in [2.45, 2.75) is 13.8 Å². The second-order valence-corrected chi connectivity index (χ2v) is 3.22. The molecule has 0 aromatic rings. The van der Waals surface area contributed by atoms with Crippen LogP contribution in [0.2, 0.25) is 0 Å². The highest BCUT2D eigenvalue weighted by Crippen LogP contribution is 2.15. The summed E-state index contributed by atoms with van der Waals surface area (Å²) < 4.78 is 8.54. The smallest absolute Gasteiger partial charge is 0.418 e. The van der Waals surface area contributed by atoms with Crippen molar-refractivity contribution >= 4 is 18.4 Å². The molecule has 0 spiro atoms. The van der Waals surface area contributed by atoms with Gasteiger partial charge in [0.2, 0.25) is 0 Å². The van der Waals surface area contributed by atoms with E-state index in [9.17, 15) is 14.4 Å². The molecule has 0 saturated heterocycles. The van der Waals surface area contributed by atoms with E-state index in [4.69, 9.17) is 5.11 Å². The van der Waals surface area contributed by atoms with E-state index >= 15 is 0 Å². The Labute approximate surface area is 80.8 Å². The van der Waals surface area contributed by atoms with Gasteiger partial charge in [-0.3, -0.25) is 4.79 Å². The van der Waals surface area contributed by atoms with Gasteiger partial charge in [-0.25, -0.2) is 9.59 Å². The second kappa shape index (κ2) is 5.21. The summed E-state index contributed by atoms with van der Waals surface area (Å²) in [5.74, 6) is -1.88. The number of esters is 1. The summed E-state index contributed by atoms with van der Waals surface area (Å²) in [4.78, 5) is 30.9. The molecule has 0 bridgehead atoms. The molecule has 0 atom stereocenters. The van der Waals surface area contributed by atoms with Gasteiger partial charge >= 0.3 is 18.4 Å². The van der Waals surface area contributed by atoms with Gasteiger partial charge in [-0.05, 0) is 13.8 Å². The van der Waals surface area contributed by atoms with Crippen LogP contribution in [0.1, 0.15) is 13.8 Å². The molecule has 6 heteroatoms. The predicted molar refractivity (Wildman–Crippen MR) is 44.0 cm³/mol. The van der Waals surface area contributed by atoms with E-state index < -0.39 is 24.0 Å². The molecule has 1 N–H and O–H groups in total. The number of carbonyl (C=O) groups is 2. The minimum absolute atomic E-state index is 0.274. The van der Waals surface area contributed by atoms with E-state index in [0.29, 0.717) is 0 Å². The van der Waals surface area contributed by atoms with Gasteiger partial charge in [0, 0.05) is 0 Å². The third kappa shape index (κ3) is 4.44. The fraction of sp³-hybridized carbons (Fsp3) is 0.625. The Kier molecular flexibility index (Phi) is 4.62. The normalized spacial score (nSPS) is 10.4. The Bertz CT molecular complexity index is 232. The van der Waals surface area contributed by atoms with Crippen LogP contribution in [0.5, 0.6) is 0 Å². The van der Waals surface area contributed by atoms with Crippen LogP contribution in [0.25, 0.3) is 0 Å². The molecule has 79 valence electrons. The highest BCUT2D eigenvalue weighted by Gasteiger charge is 2.28. The Morgan fingerprint density at radius 3 is 2.43 bits per heavy atom. The molecule has 14 heavy (non-hydrogen) atoms. The predicted octanol–water partition coefficient (Wildman–Crippen LogP) is -0.276. The van der Waals surface area contributed by atoms with Crippen molar-refractivity contribution < 1.29 is 29.0 Å². The first-order valence-electron chi connectivity index (χ1n) is 3.78. The van der Waals surface area contributed by atoms with Crippen molar-refractivity contribution in [3.63, 3.8) is 0 Å². The maximum Gasteiger partial charge on any atom is 0.418 e. The molecule has 0 aliphatic carbocycles. The van der Waals surface area contributed by atoms with Gasteiger partial charge in [-0.2, -0.15) is 0 Å². The highest BCUT2D eigenvalue weighted by molar-refractivity contribution is 5.75. The average molecular weight is 203 g/mol. The van der Waals surface area contributed by atoms with Crippen LogP contribution in [0.3, 0.4) is 0 Å². The quantitative estimate of drug-likeness (QED) is 0.597. The first-order chi connectivity index (χ1) is 6.40. The molecule has 0 aromatic carbocycles. The van der Waals surface area contributed by atoms with Gasteiger partial charge in [-0.1, -0.05) is 0 Å². The standard InChI is InChI=1S/C8H11O6/c1-8(2,7(11)12)4-14-6(10)3-13-5-9/h3-4H2,1-2H3,(H,11,12). The summed E-state index contributed by atoms with van der Waals surface area (Å²) in [7, 11) is 0. The van der Waals surface area contributed by atoms with Crippen LogP contribution in [0.15, 0.2) is 0 Å². The van der Waals surface area contributed by atoms with Crippen molar-refractivity contribution in [2.24, 2.45) is 5.41 Å². The number of aliphatic carboxylic acids is 1. The van der Waals surface area contributed by atoms with Crippen LogP contribution in [0.4, 0.5) is 0 Å². The number of carboxylic acids is 1. The molecular formula is C8H11O6. The molecule has 0 aliphatic heterocycles. The summed E-state index contributed by atoms with van der Waals surface area (Å²) in [5, 5.41) is 8.65. The van der Waals surface area contributed by atoms with Gasteiger partial charge < -0.3 is 14.6 Å². The lowest BCUT2D eigenvalue weighted by Gasteiger charge is -2.18. The Morgan fingerprint density at radius 2 is 2.00 bits per heavy atom. The zero-order valence-electron chi connectivity index (χ0n) is 7.90. The average Bonchev–Trinajstić information content (AvgIpc) is 2.11. The Hall–Kier alpha value is -1.59. The first kappa shape index (κ1) is 12.4. The van der Waals surface area contributed by atoms with E-state index in [1.54, 1.807) is 0 Å². The lowest BCUT2D eigenvalue weighted by molar-refractivity contribution is -0.158. The van der Waals surface area contributed by atoms with Crippen molar-refractivity contribution in [1.82, 2.24) is 0 Å². The summed E-state index contributed by atoms with van der Waals surface area (Å²) in [6, 6.07) is 0. The number of hydrogen-bond acceptors (Lipinski definition) is 5. The molecule has 0 aromatic heterocycles. The molecule has 0 heterocycles. The lowest BCUT2D eigenvalue weighted by Crippen LogP contribution is -2.31. The lowest BCUT2D eigenvalue weighted by atomic mass is 9.95. The zero-order chi connectivity index (χ0) is 11.2. The summed E-state index contributed by atoms with van der Waals surface area (Å²) in [6.07, 6.45) is 0. The Morgan fingerprint density at radius 1 is 1.43 bits per heavy atom. The van der Waals surface area contributed by atoms with Crippen molar-refractivity contribution in [1.29, 1.82) is 0 Å². The van der Waals surface area contributed by atoms with Gasteiger partial charge in [0.1, 0.15) is 6.61 Å². The maximum absolute atomic E-state index is 10.8. The van der Waals surface area contributed by atoms with Crippen LogP contribution >= 0.6 is 0 Å². The second-order valence-electron chi connectivity index (χ2n) is 3.22. The molecular weight excluding hydrogens is 192 g/mol. The van der Waals surface area contributed by atoms with Crippen molar-refractivity contribution in [3.05, 3.63) is 0 Å². The fourth-order valence-corrected chi connectivity index (χ4v) is 0.453. The topological polar surface area (TPSA) is 89.9 Å². The van der Waals surface area contributed by atoms with Crippen LogP contribution in [-0.2, 0) is 23.9 Å². The number of ether oxygens (including phenoxy) is 2. The summed E-state index contributed by atoms with van der Waals surface area (Å²) in [6.45, 7) is 3.04. The molecule has 0 fully saturated rings. The molecule has 0 rings (SSSR count). The van der Waals surface area contributed by atoms with Crippen LogP contribution in [-0.4, -0.2) is 36.7 Å². The van der Waals surface area contributed by atoms with Crippen LogP contribution in [0, 0.1) is 5.41 Å². The van der Waals surface area contributed by atoms with Gasteiger partial charge in [0.15, 0.2) is 6.61 Å². The van der Waals surface area contributed by atoms with E-state index in [-0.39, 0.29) is 6.61 Å². The van der Waals surface area contributed by atoms with Crippen molar-refractivity contribution in [3.8, 4) is 0 Å². The maximum atomic E-state index is 10.8. The molecule has 6 nitrogen and oxygen atoms in total. The summed E-state index contributed by atoms with van der Waals surface area (Å²) >= 11 is 0. The molecule has 1 radical (unpaired) electrons. The molecule has 0 saturated carbocycles. The number of hydrogen-bond donors (Lipinski definition) is 1. The fourth-order valence-electron chi connectivity index (χ4n) is 0.453. The zero-order valence-corrected chi connectivity index (χ0v) is 7.90. The molecule has 0 aliphatic rings. The number of carboxylic acid groups (broad SMARTS) is 1. The molecule has 0 amide bonds. The van der Waals surface area contributed by atoms with E-state index in [1.165, 1.54) is 13.8 Å². The third-order valence-corrected chi connectivity index (χ3v) is 1.42. The third-order valence-electron chi connectivity index (χ3n) is 1.42. The largest absolute Gasteiger partial charge is 0.481 e. The Balaban J connectivity index is 3.87. The van der Waals surface area contributed by atoms with Crippen molar-refractivity contribution in [2.75, 3.05) is 13.2 Å². The van der Waals surface area contributed by atoms with Crippen LogP contribution < -0.4 is 0 Å². The highest BCUT2D eigenvalue weighted by atomic mass is 16.6. The minimum atomic E-state index is -1.15. The monoisotopic (exact) mass is 203 g/mol. The first-order valence-corrected chi connectivity index (χ1v) is 3.78. The van der Waals surface area contributed by atoms with E-state index in [2.05, 4.69) is 9.47 Å². The van der Waals surface area contributed by atoms with E-state index in [1.807, 2.05) is 0 Å².